The van der Waals surface area contributed by atoms with E-state index in [1.54, 1.807) is 48.4 Å². The summed E-state index contributed by atoms with van der Waals surface area (Å²) in [5, 5.41) is 15.0. The molecule has 5 nitrogen and oxygen atoms in total. The van der Waals surface area contributed by atoms with Gasteiger partial charge in [0.2, 0.25) is 0 Å². The number of halogens is 1. The topological polar surface area (TPSA) is 75.1 Å². The molecule has 2 N–H and O–H groups in total. The molecule has 3 rings (SSSR count). The van der Waals surface area contributed by atoms with Gasteiger partial charge in [-0.25, -0.2) is 9.97 Å². The fourth-order valence-electron chi connectivity index (χ4n) is 2.90. The number of hydrogen-bond acceptors (Lipinski definition) is 5. The molecule has 2 aromatic rings. The zero-order chi connectivity index (χ0) is 17.6. The largest absolute Gasteiger partial charge is 0.378 e. The minimum Gasteiger partial charge on any atom is -0.378 e. The highest BCUT2D eigenvalue weighted by Crippen LogP contribution is 2.32. The van der Waals surface area contributed by atoms with Crippen LogP contribution in [-0.4, -0.2) is 32.3 Å². The van der Waals surface area contributed by atoms with E-state index in [9.17, 15) is 9.90 Å². The molecule has 0 spiro atoms. The van der Waals surface area contributed by atoms with E-state index in [2.05, 4.69) is 15.3 Å². The fraction of sp³-hybridized carbons (Fsp3) is 0.389. The smallest absolute Gasteiger partial charge is 0.253 e. The first-order valence-electron chi connectivity index (χ1n) is 8.29. The number of thioether (sulfide) groups is 1. The first-order chi connectivity index (χ1) is 12.1. The van der Waals surface area contributed by atoms with Crippen molar-refractivity contribution in [2.75, 3.05) is 0 Å². The number of hydrogen-bond donors (Lipinski definition) is 2. The number of amides is 1. The van der Waals surface area contributed by atoms with E-state index in [1.807, 2.05) is 6.07 Å². The molecule has 1 saturated carbocycles. The molecular formula is C18H20ClN3O2S. The van der Waals surface area contributed by atoms with E-state index in [4.69, 9.17) is 11.6 Å². The van der Waals surface area contributed by atoms with Gasteiger partial charge in [-0.15, -0.1) is 0 Å². The van der Waals surface area contributed by atoms with Gasteiger partial charge in [0.05, 0.1) is 0 Å². The molecule has 1 aromatic carbocycles. The van der Waals surface area contributed by atoms with Crippen LogP contribution >= 0.6 is 23.4 Å². The number of carbonyl (C=O) groups excluding carboxylic acids is 1. The Morgan fingerprint density at radius 3 is 2.44 bits per heavy atom. The average Bonchev–Trinajstić information content (AvgIpc) is 2.64. The summed E-state index contributed by atoms with van der Waals surface area (Å²) in [6, 6.07) is 8.58. The van der Waals surface area contributed by atoms with Crippen molar-refractivity contribution in [3.63, 3.8) is 0 Å². The van der Waals surface area contributed by atoms with E-state index in [-0.39, 0.29) is 11.9 Å². The van der Waals surface area contributed by atoms with Crippen LogP contribution in [0.15, 0.2) is 47.9 Å². The highest BCUT2D eigenvalue weighted by molar-refractivity contribution is 7.99. The van der Waals surface area contributed by atoms with Crippen molar-refractivity contribution < 1.29 is 9.90 Å². The zero-order valence-electron chi connectivity index (χ0n) is 13.6. The van der Waals surface area contributed by atoms with Gasteiger partial charge in [-0.05, 0) is 49.4 Å². The van der Waals surface area contributed by atoms with Crippen LogP contribution in [0.4, 0.5) is 0 Å². The predicted molar refractivity (Wildman–Crippen MR) is 98.5 cm³/mol. The molecule has 132 valence electrons. The van der Waals surface area contributed by atoms with Gasteiger partial charge in [0.1, 0.15) is 0 Å². The zero-order valence-corrected chi connectivity index (χ0v) is 15.2. The lowest BCUT2D eigenvalue weighted by atomic mass is 9.94. The van der Waals surface area contributed by atoms with Crippen LogP contribution in [0, 0.1) is 0 Å². The van der Waals surface area contributed by atoms with E-state index in [0.717, 1.165) is 30.8 Å². The van der Waals surface area contributed by atoms with E-state index >= 15 is 0 Å². The maximum atomic E-state index is 12.2. The molecule has 1 atom stereocenters. The Morgan fingerprint density at radius 1 is 1.16 bits per heavy atom. The summed E-state index contributed by atoms with van der Waals surface area (Å²) in [5.74, 6) is -0.357. The first-order valence-corrected chi connectivity index (χ1v) is 9.55. The minimum absolute atomic E-state index is 0.1000. The van der Waals surface area contributed by atoms with Crippen molar-refractivity contribution in [2.24, 2.45) is 0 Å². The number of benzene rings is 1. The molecule has 1 heterocycles. The summed E-state index contributed by atoms with van der Waals surface area (Å²) in [7, 11) is 0. The van der Waals surface area contributed by atoms with E-state index in [0.29, 0.717) is 15.8 Å². The van der Waals surface area contributed by atoms with Gasteiger partial charge in [0.15, 0.2) is 11.3 Å². The summed E-state index contributed by atoms with van der Waals surface area (Å²) in [5.41, 5.74) is 0.548. The normalized spacial score (nSPS) is 21.5. The molecule has 7 heteroatoms. The van der Waals surface area contributed by atoms with Gasteiger partial charge in [-0.3, -0.25) is 4.79 Å². The van der Waals surface area contributed by atoms with Crippen molar-refractivity contribution in [3.8, 4) is 0 Å². The molecule has 0 radical (unpaired) electrons. The first kappa shape index (κ1) is 18.2. The van der Waals surface area contributed by atoms with Crippen LogP contribution in [0.1, 0.15) is 37.4 Å². The third kappa shape index (κ3) is 5.17. The quantitative estimate of drug-likeness (QED) is 0.781. The van der Waals surface area contributed by atoms with Gasteiger partial charge in [-0.2, -0.15) is 0 Å². The Kier molecular flexibility index (Phi) is 6.29. The number of nitrogens with one attached hydrogen (secondary N) is 1. The van der Waals surface area contributed by atoms with Crippen LogP contribution in [-0.2, 0) is 4.79 Å². The van der Waals surface area contributed by atoms with E-state index < -0.39 is 6.10 Å². The summed E-state index contributed by atoms with van der Waals surface area (Å²) in [6.07, 6.45) is 6.10. The second-order valence-corrected chi connectivity index (χ2v) is 7.79. The van der Waals surface area contributed by atoms with Gasteiger partial charge in [0.25, 0.3) is 5.91 Å². The molecular weight excluding hydrogens is 358 g/mol. The highest BCUT2D eigenvalue weighted by atomic mass is 35.5. The number of rotatable bonds is 5. The van der Waals surface area contributed by atoms with Crippen LogP contribution < -0.4 is 5.32 Å². The number of aromatic nitrogens is 2. The van der Waals surface area contributed by atoms with Crippen molar-refractivity contribution in [3.05, 3.63) is 53.3 Å². The van der Waals surface area contributed by atoms with Gasteiger partial charge >= 0.3 is 0 Å². The van der Waals surface area contributed by atoms with Crippen molar-refractivity contribution in [2.45, 2.75) is 48.2 Å². The Bertz CT molecular complexity index is 691. The molecule has 1 aromatic heterocycles. The number of carbonyl (C=O) groups is 1. The number of aliphatic hydroxyl groups excluding tert-OH is 1. The Hall–Kier alpha value is -1.63. The number of nitrogens with zero attached hydrogens (tertiary/aromatic N) is 2. The second kappa shape index (κ2) is 8.65. The standard InChI is InChI=1S/C18H20ClN3O2S/c19-13-4-2-12(3-5-13)16(23)17(24)22-14-6-8-15(9-7-14)25-18-20-10-1-11-21-18/h1-5,10-11,14-16,23H,6-9H2,(H,22,24). The SMILES string of the molecule is O=C(NC1CCC(Sc2ncccn2)CC1)C(O)c1ccc(Cl)cc1. The molecule has 0 saturated heterocycles. The Morgan fingerprint density at radius 2 is 1.80 bits per heavy atom. The molecule has 1 aliphatic rings. The lowest BCUT2D eigenvalue weighted by Crippen LogP contribution is -2.40. The molecule has 0 aliphatic heterocycles. The van der Waals surface area contributed by atoms with Crippen molar-refractivity contribution >= 4 is 29.3 Å². The minimum atomic E-state index is -1.16. The van der Waals surface area contributed by atoms with Crippen molar-refractivity contribution in [1.82, 2.24) is 15.3 Å². The van der Waals surface area contributed by atoms with Crippen LogP contribution in [0.25, 0.3) is 0 Å². The van der Waals surface area contributed by atoms with E-state index in [1.165, 1.54) is 0 Å². The molecule has 25 heavy (non-hydrogen) atoms. The van der Waals surface area contributed by atoms with Crippen LogP contribution in [0.5, 0.6) is 0 Å². The Labute approximate surface area is 156 Å². The summed E-state index contributed by atoms with van der Waals surface area (Å²) in [4.78, 5) is 20.7. The molecule has 1 unspecified atom stereocenters. The molecule has 1 fully saturated rings. The summed E-state index contributed by atoms with van der Waals surface area (Å²) < 4.78 is 0. The van der Waals surface area contributed by atoms with Crippen LogP contribution in [0.2, 0.25) is 5.02 Å². The predicted octanol–water partition coefficient (Wildman–Crippen LogP) is 3.38. The maximum Gasteiger partial charge on any atom is 0.253 e. The summed E-state index contributed by atoms with van der Waals surface area (Å²) in [6.45, 7) is 0. The van der Waals surface area contributed by atoms with Crippen LogP contribution in [0.3, 0.4) is 0 Å². The third-order valence-electron chi connectivity index (χ3n) is 4.27. The highest BCUT2D eigenvalue weighted by Gasteiger charge is 2.26. The summed E-state index contributed by atoms with van der Waals surface area (Å²) >= 11 is 7.52. The van der Waals surface area contributed by atoms with Gasteiger partial charge in [-0.1, -0.05) is 35.5 Å². The van der Waals surface area contributed by atoms with Gasteiger partial charge in [0, 0.05) is 28.7 Å². The molecule has 1 amide bonds. The van der Waals surface area contributed by atoms with Crippen molar-refractivity contribution in [1.29, 1.82) is 0 Å². The van der Waals surface area contributed by atoms with Gasteiger partial charge < -0.3 is 10.4 Å². The molecule has 0 bridgehead atoms. The Balaban J connectivity index is 1.46. The lowest BCUT2D eigenvalue weighted by molar-refractivity contribution is -0.130. The third-order valence-corrected chi connectivity index (χ3v) is 5.75. The average molecular weight is 378 g/mol. The number of aliphatic hydroxyl groups is 1. The fourth-order valence-corrected chi connectivity index (χ4v) is 4.07. The lowest BCUT2D eigenvalue weighted by Gasteiger charge is -2.29. The maximum absolute atomic E-state index is 12.2. The molecule has 1 aliphatic carbocycles. The monoisotopic (exact) mass is 377 g/mol. The second-order valence-electron chi connectivity index (χ2n) is 6.09.